The molecule has 0 amide bonds. The summed E-state index contributed by atoms with van der Waals surface area (Å²) in [6, 6.07) is 7.56. The van der Waals surface area contributed by atoms with E-state index in [1.54, 1.807) is 12.1 Å². The van der Waals surface area contributed by atoms with Crippen molar-refractivity contribution in [2.45, 2.75) is 63.9 Å². The zero-order chi connectivity index (χ0) is 15.9. The van der Waals surface area contributed by atoms with E-state index in [1.807, 2.05) is 26.0 Å². The lowest BCUT2D eigenvalue weighted by atomic mass is 10.0. The van der Waals surface area contributed by atoms with Gasteiger partial charge >= 0.3 is 0 Å². The molecule has 4 nitrogen and oxygen atoms in total. The number of hydrogen-bond acceptors (Lipinski definition) is 3. The third kappa shape index (κ3) is 6.16. The molecule has 0 spiro atoms. The van der Waals surface area contributed by atoms with E-state index in [0.29, 0.717) is 10.9 Å². The van der Waals surface area contributed by atoms with Crippen LogP contribution in [-0.2, 0) is 16.4 Å². The molecule has 0 aliphatic carbocycles. The van der Waals surface area contributed by atoms with Crippen molar-refractivity contribution in [1.29, 1.82) is 0 Å². The molecule has 5 heteroatoms. The van der Waals surface area contributed by atoms with E-state index in [-0.39, 0.29) is 6.04 Å². The Hall–Kier alpha value is -0.910. The molecule has 0 heterocycles. The predicted molar refractivity (Wildman–Crippen MR) is 88.0 cm³/mol. The van der Waals surface area contributed by atoms with E-state index in [2.05, 4.69) is 23.9 Å². The summed E-state index contributed by atoms with van der Waals surface area (Å²) in [6.07, 6.45) is 3.20. The number of benzene rings is 1. The van der Waals surface area contributed by atoms with Crippen molar-refractivity contribution in [3.05, 3.63) is 29.8 Å². The Kier molecular flexibility index (Phi) is 7.35. The molecule has 0 fully saturated rings. The van der Waals surface area contributed by atoms with Gasteiger partial charge in [0.15, 0.2) is 0 Å². The van der Waals surface area contributed by atoms with Gasteiger partial charge < -0.3 is 5.32 Å². The van der Waals surface area contributed by atoms with Crippen LogP contribution in [0.1, 0.15) is 46.1 Å². The highest BCUT2D eigenvalue weighted by Gasteiger charge is 2.15. The molecular weight excluding hydrogens is 284 g/mol. The molecule has 1 unspecified atom stereocenters. The summed E-state index contributed by atoms with van der Waals surface area (Å²) < 4.78 is 26.7. The standard InChI is InChI=1S/C16H28N2O2S/c1-5-7-15(17-6-2)12-14-8-10-16(11-9-14)21(19,20)18-13(3)4/h8-11,13,15,17-18H,5-7,12H2,1-4H3. The lowest BCUT2D eigenvalue weighted by molar-refractivity contribution is 0.486. The highest BCUT2D eigenvalue weighted by Crippen LogP contribution is 2.13. The van der Waals surface area contributed by atoms with E-state index in [9.17, 15) is 8.42 Å². The molecule has 1 rings (SSSR count). The molecule has 1 aromatic carbocycles. The summed E-state index contributed by atoms with van der Waals surface area (Å²) in [7, 11) is -3.39. The summed E-state index contributed by atoms with van der Waals surface area (Å²) in [4.78, 5) is 0.329. The van der Waals surface area contributed by atoms with Gasteiger partial charge in [0.2, 0.25) is 10.0 Å². The summed E-state index contributed by atoms with van der Waals surface area (Å²) in [5, 5.41) is 3.47. The molecule has 1 atom stereocenters. The molecular formula is C16H28N2O2S. The maximum atomic E-state index is 12.1. The molecule has 21 heavy (non-hydrogen) atoms. The average molecular weight is 312 g/mol. The Morgan fingerprint density at radius 3 is 2.19 bits per heavy atom. The molecule has 0 saturated carbocycles. The van der Waals surface area contributed by atoms with Crippen molar-refractivity contribution in [3.8, 4) is 0 Å². The van der Waals surface area contributed by atoms with Gasteiger partial charge in [0, 0.05) is 12.1 Å². The second kappa shape index (κ2) is 8.51. The van der Waals surface area contributed by atoms with E-state index in [0.717, 1.165) is 31.4 Å². The van der Waals surface area contributed by atoms with Crippen LogP contribution in [0.5, 0.6) is 0 Å². The zero-order valence-corrected chi connectivity index (χ0v) is 14.3. The maximum Gasteiger partial charge on any atom is 0.240 e. The molecule has 0 radical (unpaired) electrons. The summed E-state index contributed by atoms with van der Waals surface area (Å²) in [5.41, 5.74) is 1.16. The minimum Gasteiger partial charge on any atom is -0.314 e. The normalized spacial score (nSPS) is 13.6. The van der Waals surface area contributed by atoms with Crippen LogP contribution in [0.3, 0.4) is 0 Å². The third-order valence-electron chi connectivity index (χ3n) is 3.24. The second-order valence-electron chi connectivity index (χ2n) is 5.67. The Morgan fingerprint density at radius 2 is 1.71 bits per heavy atom. The van der Waals surface area contributed by atoms with Gasteiger partial charge in [-0.15, -0.1) is 0 Å². The number of rotatable bonds is 9. The number of hydrogen-bond donors (Lipinski definition) is 2. The molecule has 0 aliphatic rings. The molecule has 0 aromatic heterocycles. The van der Waals surface area contributed by atoms with Crippen LogP contribution >= 0.6 is 0 Å². The quantitative estimate of drug-likeness (QED) is 0.737. The first kappa shape index (κ1) is 18.1. The van der Waals surface area contributed by atoms with Crippen molar-refractivity contribution in [3.63, 3.8) is 0 Å². The van der Waals surface area contributed by atoms with Gasteiger partial charge in [-0.25, -0.2) is 13.1 Å². The van der Waals surface area contributed by atoms with Crippen LogP contribution < -0.4 is 10.0 Å². The van der Waals surface area contributed by atoms with Crippen molar-refractivity contribution in [1.82, 2.24) is 10.0 Å². The predicted octanol–water partition coefficient (Wildman–Crippen LogP) is 2.69. The molecule has 2 N–H and O–H groups in total. The van der Waals surface area contributed by atoms with Crippen LogP contribution in [-0.4, -0.2) is 27.0 Å². The van der Waals surface area contributed by atoms with Gasteiger partial charge in [0.25, 0.3) is 0 Å². The Balaban J connectivity index is 2.77. The molecule has 0 bridgehead atoms. The van der Waals surface area contributed by atoms with Crippen molar-refractivity contribution < 1.29 is 8.42 Å². The molecule has 120 valence electrons. The largest absolute Gasteiger partial charge is 0.314 e. The summed E-state index contributed by atoms with van der Waals surface area (Å²) >= 11 is 0. The van der Waals surface area contributed by atoms with Crippen LogP contribution in [0.2, 0.25) is 0 Å². The minimum atomic E-state index is -3.39. The van der Waals surface area contributed by atoms with Crippen molar-refractivity contribution >= 4 is 10.0 Å². The Morgan fingerprint density at radius 1 is 1.10 bits per heavy atom. The number of sulfonamides is 1. The van der Waals surface area contributed by atoms with Gasteiger partial charge in [-0.3, -0.25) is 0 Å². The fourth-order valence-corrected chi connectivity index (χ4v) is 3.63. The van der Waals surface area contributed by atoms with Gasteiger partial charge in [0.05, 0.1) is 4.90 Å². The third-order valence-corrected chi connectivity index (χ3v) is 4.91. The van der Waals surface area contributed by atoms with Crippen molar-refractivity contribution in [2.24, 2.45) is 0 Å². The minimum absolute atomic E-state index is 0.0997. The molecule has 1 aromatic rings. The molecule has 0 aliphatic heterocycles. The van der Waals surface area contributed by atoms with Crippen LogP contribution in [0.15, 0.2) is 29.2 Å². The van der Waals surface area contributed by atoms with Crippen molar-refractivity contribution in [2.75, 3.05) is 6.54 Å². The second-order valence-corrected chi connectivity index (χ2v) is 7.38. The van der Waals surface area contributed by atoms with Gasteiger partial charge in [-0.05, 0) is 50.9 Å². The fourth-order valence-electron chi connectivity index (χ4n) is 2.38. The number of likely N-dealkylation sites (N-methyl/N-ethyl adjacent to an activating group) is 1. The van der Waals surface area contributed by atoms with E-state index in [4.69, 9.17) is 0 Å². The zero-order valence-electron chi connectivity index (χ0n) is 13.5. The van der Waals surface area contributed by atoms with Gasteiger partial charge in [-0.1, -0.05) is 32.4 Å². The SMILES string of the molecule is CCCC(Cc1ccc(S(=O)(=O)NC(C)C)cc1)NCC. The van der Waals surface area contributed by atoms with Gasteiger partial charge in [-0.2, -0.15) is 0 Å². The van der Waals surface area contributed by atoms with Crippen LogP contribution in [0.4, 0.5) is 0 Å². The fraction of sp³-hybridized carbons (Fsp3) is 0.625. The first-order valence-corrected chi connectivity index (χ1v) is 9.22. The first-order valence-electron chi connectivity index (χ1n) is 7.73. The number of nitrogens with one attached hydrogen (secondary N) is 2. The average Bonchev–Trinajstić information content (AvgIpc) is 2.38. The Labute approximate surface area is 129 Å². The lowest BCUT2D eigenvalue weighted by Crippen LogP contribution is -2.31. The van der Waals surface area contributed by atoms with E-state index >= 15 is 0 Å². The smallest absolute Gasteiger partial charge is 0.240 e. The Bertz CT molecular complexity index is 504. The van der Waals surface area contributed by atoms with E-state index < -0.39 is 10.0 Å². The topological polar surface area (TPSA) is 58.2 Å². The molecule has 0 saturated heterocycles. The maximum absolute atomic E-state index is 12.1. The van der Waals surface area contributed by atoms with Crippen LogP contribution in [0, 0.1) is 0 Å². The lowest BCUT2D eigenvalue weighted by Gasteiger charge is -2.17. The summed E-state index contributed by atoms with van der Waals surface area (Å²) in [6.45, 7) is 8.87. The summed E-state index contributed by atoms with van der Waals surface area (Å²) in [5.74, 6) is 0. The van der Waals surface area contributed by atoms with E-state index in [1.165, 1.54) is 0 Å². The highest BCUT2D eigenvalue weighted by atomic mass is 32.2. The highest BCUT2D eigenvalue weighted by molar-refractivity contribution is 7.89. The van der Waals surface area contributed by atoms with Gasteiger partial charge in [0.1, 0.15) is 0 Å². The monoisotopic (exact) mass is 312 g/mol. The van der Waals surface area contributed by atoms with Crippen LogP contribution in [0.25, 0.3) is 0 Å². The first-order chi connectivity index (χ1) is 9.89.